The lowest BCUT2D eigenvalue weighted by Gasteiger charge is -2.24. The molecule has 10 heteroatoms. The monoisotopic (exact) mass is 1010 g/mol. The number of phosphoric ester groups is 1. The number of carbonyl (C=O) groups excluding carboxylic acids is 2. The summed E-state index contributed by atoms with van der Waals surface area (Å²) in [4.78, 5) is 35.6. The zero-order chi connectivity index (χ0) is 51.3. The molecule has 0 spiro atoms. The molecule has 414 valence electrons. The molecule has 0 bridgehead atoms. The van der Waals surface area contributed by atoms with Crippen molar-refractivity contribution in [2.45, 2.75) is 302 Å². The van der Waals surface area contributed by atoms with Crippen LogP contribution in [-0.2, 0) is 32.7 Å². The molecule has 0 radical (unpaired) electrons. The molecule has 0 aliphatic carbocycles. The van der Waals surface area contributed by atoms with E-state index in [2.05, 4.69) is 38.2 Å². The van der Waals surface area contributed by atoms with Gasteiger partial charge in [-0.3, -0.25) is 18.6 Å². The topological polar surface area (TPSA) is 108 Å². The lowest BCUT2D eigenvalue weighted by molar-refractivity contribution is -0.870. The fourth-order valence-corrected chi connectivity index (χ4v) is 9.51. The van der Waals surface area contributed by atoms with Gasteiger partial charge in [0.15, 0.2) is 6.10 Å². The molecule has 0 aliphatic rings. The number of nitrogens with zero attached hydrogens (tertiary/aromatic N) is 1. The molecule has 0 saturated heterocycles. The van der Waals surface area contributed by atoms with E-state index < -0.39 is 26.5 Å². The van der Waals surface area contributed by atoms with Gasteiger partial charge in [0.05, 0.1) is 27.7 Å². The normalized spacial score (nSPS) is 13.4. The van der Waals surface area contributed by atoms with Crippen LogP contribution in [-0.4, -0.2) is 74.9 Å². The molecule has 1 N–H and O–H groups in total. The largest absolute Gasteiger partial charge is 0.472 e. The summed E-state index contributed by atoms with van der Waals surface area (Å²) in [5.74, 6) is -0.793. The van der Waals surface area contributed by atoms with Crippen molar-refractivity contribution in [3.63, 3.8) is 0 Å². The molecule has 0 aromatic rings. The number of hydrogen-bond donors (Lipinski definition) is 1. The number of rotatable bonds is 56. The average molecular weight is 1010 g/mol. The van der Waals surface area contributed by atoms with Gasteiger partial charge in [0, 0.05) is 12.8 Å². The average Bonchev–Trinajstić information content (AvgIpc) is 3.32. The van der Waals surface area contributed by atoms with Crippen LogP contribution in [0.25, 0.3) is 0 Å². The van der Waals surface area contributed by atoms with E-state index in [1.165, 1.54) is 212 Å². The van der Waals surface area contributed by atoms with E-state index in [0.717, 1.165) is 51.4 Å². The molecule has 2 unspecified atom stereocenters. The third-order valence-corrected chi connectivity index (χ3v) is 14.4. The standard InChI is InChI=1S/C60H116NO8P/c1-6-8-10-12-14-16-18-20-22-23-24-25-26-27-28-29-30-31-32-33-34-35-36-37-39-41-43-45-47-49-51-53-60(63)69-58(57-68-70(64,65)67-55-54-61(3,4)5)56-66-59(62)52-50-48-46-44-42-40-38-21-19-17-15-13-11-9-7-2/h21,23-24,38,58H,6-20,22,25-37,39-57H2,1-5H3/p+1/b24-23-,38-21-. The molecule has 0 aromatic carbocycles. The van der Waals surface area contributed by atoms with E-state index in [-0.39, 0.29) is 32.0 Å². The van der Waals surface area contributed by atoms with Crippen LogP contribution < -0.4 is 0 Å². The molecule has 2 atom stereocenters. The first kappa shape index (κ1) is 68.5. The summed E-state index contributed by atoms with van der Waals surface area (Å²) in [5, 5.41) is 0. The number of allylic oxidation sites excluding steroid dienone is 4. The SMILES string of the molecule is CCCCCCCC/C=C\CCCCCCCC(=O)OCC(COP(=O)(O)OCC[N+](C)(C)C)OC(=O)CCCCCCCCCCCCCCCCCCCCC/C=C\CCCCCCCCCC. The Morgan fingerprint density at radius 1 is 0.429 bits per heavy atom. The van der Waals surface area contributed by atoms with E-state index in [4.69, 9.17) is 18.5 Å². The minimum atomic E-state index is -4.38. The molecule has 9 nitrogen and oxygen atoms in total. The first-order chi connectivity index (χ1) is 34.0. The maximum Gasteiger partial charge on any atom is 0.472 e. The van der Waals surface area contributed by atoms with Gasteiger partial charge in [-0.2, -0.15) is 0 Å². The van der Waals surface area contributed by atoms with E-state index in [1.807, 2.05) is 21.1 Å². The van der Waals surface area contributed by atoms with Gasteiger partial charge in [-0.05, 0) is 64.2 Å². The predicted octanol–water partition coefficient (Wildman–Crippen LogP) is 18.6. The highest BCUT2D eigenvalue weighted by molar-refractivity contribution is 7.47. The highest BCUT2D eigenvalue weighted by Crippen LogP contribution is 2.43. The molecule has 0 saturated carbocycles. The number of hydrogen-bond acceptors (Lipinski definition) is 7. The van der Waals surface area contributed by atoms with Crippen LogP contribution in [0.15, 0.2) is 24.3 Å². The maximum atomic E-state index is 12.8. The zero-order valence-electron chi connectivity index (χ0n) is 47.0. The van der Waals surface area contributed by atoms with Crippen molar-refractivity contribution >= 4 is 19.8 Å². The number of unbranched alkanes of at least 4 members (excludes halogenated alkanes) is 38. The first-order valence-corrected chi connectivity index (χ1v) is 31.6. The number of esters is 2. The second-order valence-electron chi connectivity index (χ2n) is 21.7. The smallest absolute Gasteiger partial charge is 0.462 e. The van der Waals surface area contributed by atoms with Crippen LogP contribution in [0.2, 0.25) is 0 Å². The fraction of sp³-hybridized carbons (Fsp3) is 0.900. The molecular weight excluding hydrogens is 894 g/mol. The number of phosphoric acid groups is 1. The number of carbonyl (C=O) groups is 2. The van der Waals surface area contributed by atoms with E-state index in [1.54, 1.807) is 0 Å². The Bertz CT molecular complexity index is 1240. The van der Waals surface area contributed by atoms with Gasteiger partial charge in [0.1, 0.15) is 19.8 Å². The van der Waals surface area contributed by atoms with Crippen molar-refractivity contribution in [3.8, 4) is 0 Å². The Kier molecular flexibility index (Phi) is 51.2. The maximum absolute atomic E-state index is 12.8. The zero-order valence-corrected chi connectivity index (χ0v) is 47.9. The Morgan fingerprint density at radius 3 is 1.06 bits per heavy atom. The van der Waals surface area contributed by atoms with Gasteiger partial charge in [-0.15, -0.1) is 0 Å². The van der Waals surface area contributed by atoms with Crippen LogP contribution in [0.5, 0.6) is 0 Å². The van der Waals surface area contributed by atoms with Gasteiger partial charge in [0.2, 0.25) is 0 Å². The summed E-state index contributed by atoms with van der Waals surface area (Å²) in [6.45, 7) is 4.46. The second kappa shape index (κ2) is 52.4. The van der Waals surface area contributed by atoms with Crippen LogP contribution in [0.3, 0.4) is 0 Å². The van der Waals surface area contributed by atoms with Crippen molar-refractivity contribution in [1.82, 2.24) is 0 Å². The van der Waals surface area contributed by atoms with Gasteiger partial charge in [-0.25, -0.2) is 4.57 Å². The Balaban J connectivity index is 4.02. The van der Waals surface area contributed by atoms with Crippen LogP contribution in [0.4, 0.5) is 0 Å². The van der Waals surface area contributed by atoms with Gasteiger partial charge in [-0.1, -0.05) is 244 Å². The van der Waals surface area contributed by atoms with Gasteiger partial charge >= 0.3 is 19.8 Å². The molecule has 0 aromatic heterocycles. The summed E-state index contributed by atoms with van der Waals surface area (Å²) in [5.41, 5.74) is 0. The molecule has 0 heterocycles. The van der Waals surface area contributed by atoms with Crippen molar-refractivity contribution in [2.24, 2.45) is 0 Å². The fourth-order valence-electron chi connectivity index (χ4n) is 8.77. The quantitative estimate of drug-likeness (QED) is 0.0211. The molecule has 0 fully saturated rings. The number of likely N-dealkylation sites (N-methyl/N-ethyl adjacent to an activating group) is 1. The Hall–Kier alpha value is -1.51. The lowest BCUT2D eigenvalue weighted by Crippen LogP contribution is -2.37. The molecular formula is C60H117NO8P+. The second-order valence-corrected chi connectivity index (χ2v) is 23.2. The third kappa shape index (κ3) is 55.8. The summed E-state index contributed by atoms with van der Waals surface area (Å²) in [6.07, 6.45) is 62.6. The summed E-state index contributed by atoms with van der Waals surface area (Å²) >= 11 is 0. The Morgan fingerprint density at radius 2 is 0.729 bits per heavy atom. The van der Waals surface area contributed by atoms with Crippen molar-refractivity contribution in [2.75, 3.05) is 47.5 Å². The molecule has 0 amide bonds. The molecule has 70 heavy (non-hydrogen) atoms. The highest BCUT2D eigenvalue weighted by atomic mass is 31.2. The third-order valence-electron chi connectivity index (χ3n) is 13.5. The van der Waals surface area contributed by atoms with Crippen molar-refractivity contribution < 1.29 is 42.1 Å². The first-order valence-electron chi connectivity index (χ1n) is 30.1. The summed E-state index contributed by atoms with van der Waals surface area (Å²) in [7, 11) is 1.49. The Labute approximate surface area is 434 Å². The highest BCUT2D eigenvalue weighted by Gasteiger charge is 2.27. The van der Waals surface area contributed by atoms with E-state index in [9.17, 15) is 19.0 Å². The minimum absolute atomic E-state index is 0.0330. The van der Waals surface area contributed by atoms with Crippen molar-refractivity contribution in [1.29, 1.82) is 0 Å². The van der Waals surface area contributed by atoms with E-state index in [0.29, 0.717) is 17.4 Å². The number of quaternary nitrogens is 1. The van der Waals surface area contributed by atoms with Crippen LogP contribution in [0.1, 0.15) is 296 Å². The van der Waals surface area contributed by atoms with E-state index >= 15 is 0 Å². The summed E-state index contributed by atoms with van der Waals surface area (Å²) < 4.78 is 34.5. The van der Waals surface area contributed by atoms with Crippen molar-refractivity contribution in [3.05, 3.63) is 24.3 Å². The lowest BCUT2D eigenvalue weighted by atomic mass is 10.0. The molecule has 0 aliphatic heterocycles. The van der Waals surface area contributed by atoms with Gasteiger partial charge in [0.25, 0.3) is 0 Å². The number of ether oxygens (including phenoxy) is 2. The van der Waals surface area contributed by atoms with Crippen LogP contribution >= 0.6 is 7.82 Å². The molecule has 0 rings (SSSR count). The predicted molar refractivity (Wildman–Crippen MR) is 298 cm³/mol. The minimum Gasteiger partial charge on any atom is -0.462 e. The van der Waals surface area contributed by atoms with Gasteiger partial charge < -0.3 is 18.9 Å². The van der Waals surface area contributed by atoms with Crippen LogP contribution in [0, 0.1) is 0 Å². The summed E-state index contributed by atoms with van der Waals surface area (Å²) in [6, 6.07) is 0.